The number of Topliss-reactive ketones (excluding diaryl/α,β-unsaturated/α-hetero) is 2. The summed E-state index contributed by atoms with van der Waals surface area (Å²) in [6.07, 6.45) is 0. The first-order valence-electron chi connectivity index (χ1n) is 6.42. The minimum absolute atomic E-state index is 0.0613. The topological polar surface area (TPSA) is 80.1 Å². The largest absolute Gasteiger partial charge is 0.506 e. The summed E-state index contributed by atoms with van der Waals surface area (Å²) in [5, 5.41) is 11.6. The van der Waals surface area contributed by atoms with Gasteiger partial charge in [0.15, 0.2) is 11.6 Å². The molecule has 3 rings (SSSR count). The van der Waals surface area contributed by atoms with Crippen LogP contribution in [0.2, 0.25) is 0 Å². The Labute approximate surface area is 120 Å². The number of nitrogens with zero attached hydrogens (tertiary/aromatic N) is 2. The Morgan fingerprint density at radius 1 is 0.905 bits per heavy atom. The van der Waals surface area contributed by atoms with Crippen molar-refractivity contribution < 1.29 is 14.7 Å². The summed E-state index contributed by atoms with van der Waals surface area (Å²) in [5.74, 6) is -0.364. The molecule has 0 aliphatic heterocycles. The van der Waals surface area contributed by atoms with Crippen LogP contribution in [0.4, 0.5) is 0 Å². The quantitative estimate of drug-likeness (QED) is 0.576. The Hall–Kier alpha value is -2.82. The molecule has 0 saturated carbocycles. The van der Waals surface area contributed by atoms with Crippen LogP contribution in [-0.4, -0.2) is 26.6 Å². The lowest BCUT2D eigenvalue weighted by Crippen LogP contribution is -1.99. The molecule has 0 fully saturated rings. The lowest BCUT2D eigenvalue weighted by atomic mass is 10.1. The molecule has 1 N–H and O–H groups in total. The number of phenols is 1. The Morgan fingerprint density at radius 2 is 1.48 bits per heavy atom. The molecule has 104 valence electrons. The van der Waals surface area contributed by atoms with E-state index in [0.29, 0.717) is 27.8 Å². The molecule has 1 aromatic carbocycles. The van der Waals surface area contributed by atoms with Gasteiger partial charge in [-0.3, -0.25) is 9.59 Å². The monoisotopic (exact) mass is 280 g/mol. The zero-order chi connectivity index (χ0) is 15.1. The summed E-state index contributed by atoms with van der Waals surface area (Å²) >= 11 is 0. The van der Waals surface area contributed by atoms with Crippen molar-refractivity contribution in [1.29, 1.82) is 0 Å². The van der Waals surface area contributed by atoms with Crippen LogP contribution in [0.3, 0.4) is 0 Å². The first kappa shape index (κ1) is 13.2. The number of ketones is 2. The molecule has 0 bridgehead atoms. The first-order chi connectivity index (χ1) is 9.97. The molecule has 0 spiro atoms. The van der Waals surface area contributed by atoms with Crippen LogP contribution in [-0.2, 0) is 0 Å². The number of rotatable bonds is 2. The zero-order valence-electron chi connectivity index (χ0n) is 11.5. The van der Waals surface area contributed by atoms with Gasteiger partial charge in [0.25, 0.3) is 0 Å². The van der Waals surface area contributed by atoms with E-state index >= 15 is 0 Å². The summed E-state index contributed by atoms with van der Waals surface area (Å²) in [4.78, 5) is 31.2. The van der Waals surface area contributed by atoms with Gasteiger partial charge in [-0.1, -0.05) is 0 Å². The third-order valence-corrected chi connectivity index (χ3v) is 3.35. The van der Waals surface area contributed by atoms with Crippen molar-refractivity contribution in [1.82, 2.24) is 9.97 Å². The van der Waals surface area contributed by atoms with Crippen molar-refractivity contribution >= 4 is 33.4 Å². The van der Waals surface area contributed by atoms with E-state index in [1.807, 2.05) is 0 Å². The van der Waals surface area contributed by atoms with Crippen molar-refractivity contribution in [3.8, 4) is 5.75 Å². The first-order valence-corrected chi connectivity index (χ1v) is 6.42. The third-order valence-electron chi connectivity index (χ3n) is 3.35. The molecular formula is C16H12N2O3. The maximum Gasteiger partial charge on any atom is 0.178 e. The Balaban J connectivity index is 2.38. The van der Waals surface area contributed by atoms with E-state index in [1.165, 1.54) is 19.9 Å². The van der Waals surface area contributed by atoms with Crippen molar-refractivity contribution in [3.63, 3.8) is 0 Å². The highest BCUT2D eigenvalue weighted by molar-refractivity contribution is 6.09. The number of phenolic OH excluding ortho intramolecular Hbond substituents is 1. The normalized spacial score (nSPS) is 11.0. The minimum atomic E-state index is -0.165. The number of fused-ring (bicyclic) bond motifs is 3. The van der Waals surface area contributed by atoms with Gasteiger partial charge in [0.05, 0.1) is 5.52 Å². The van der Waals surface area contributed by atoms with Crippen LogP contribution in [0.1, 0.15) is 34.8 Å². The van der Waals surface area contributed by atoms with Crippen LogP contribution in [0.25, 0.3) is 21.8 Å². The number of hydrogen-bond acceptors (Lipinski definition) is 5. The number of aromatic hydroxyl groups is 1. The van der Waals surface area contributed by atoms with Crippen LogP contribution in [0.15, 0.2) is 30.3 Å². The second kappa shape index (κ2) is 4.63. The fourth-order valence-corrected chi connectivity index (χ4v) is 2.27. The lowest BCUT2D eigenvalue weighted by molar-refractivity contribution is 0.100. The van der Waals surface area contributed by atoms with Crippen LogP contribution in [0.5, 0.6) is 5.75 Å². The van der Waals surface area contributed by atoms with E-state index in [2.05, 4.69) is 9.97 Å². The fraction of sp³-hybridized carbons (Fsp3) is 0.125. The highest BCUT2D eigenvalue weighted by Gasteiger charge is 2.12. The predicted molar refractivity (Wildman–Crippen MR) is 78.7 cm³/mol. The minimum Gasteiger partial charge on any atom is -0.506 e. The Bertz CT molecular complexity index is 916. The van der Waals surface area contributed by atoms with Gasteiger partial charge in [-0.05, 0) is 24.3 Å². The summed E-state index contributed by atoms with van der Waals surface area (Å²) in [6, 6.07) is 8.22. The van der Waals surface area contributed by atoms with Gasteiger partial charge in [-0.2, -0.15) is 0 Å². The zero-order valence-corrected chi connectivity index (χ0v) is 11.5. The summed E-state index contributed by atoms with van der Waals surface area (Å²) in [7, 11) is 0. The number of carbonyl (C=O) groups is 2. The predicted octanol–water partition coefficient (Wildman–Crippen LogP) is 2.89. The van der Waals surface area contributed by atoms with Crippen molar-refractivity contribution in [2.75, 3.05) is 0 Å². The van der Waals surface area contributed by atoms with E-state index in [0.717, 1.165) is 5.39 Å². The molecule has 0 radical (unpaired) electrons. The maximum atomic E-state index is 11.4. The second-order valence-electron chi connectivity index (χ2n) is 4.86. The van der Waals surface area contributed by atoms with Crippen LogP contribution >= 0.6 is 0 Å². The van der Waals surface area contributed by atoms with E-state index < -0.39 is 0 Å². The van der Waals surface area contributed by atoms with Gasteiger partial charge in [0.1, 0.15) is 22.7 Å². The van der Waals surface area contributed by atoms with E-state index in [4.69, 9.17) is 0 Å². The molecule has 2 aromatic heterocycles. The number of aromatic nitrogens is 2. The molecule has 3 aromatic rings. The third kappa shape index (κ3) is 2.12. The number of hydrogen-bond donors (Lipinski definition) is 1. The summed E-state index contributed by atoms with van der Waals surface area (Å²) in [5.41, 5.74) is 1.51. The second-order valence-corrected chi connectivity index (χ2v) is 4.86. The van der Waals surface area contributed by atoms with Gasteiger partial charge >= 0.3 is 0 Å². The highest BCUT2D eigenvalue weighted by Crippen LogP contribution is 2.31. The van der Waals surface area contributed by atoms with Gasteiger partial charge in [-0.25, -0.2) is 9.97 Å². The average Bonchev–Trinajstić information content (AvgIpc) is 2.46. The maximum absolute atomic E-state index is 11.4. The van der Waals surface area contributed by atoms with Crippen LogP contribution in [0, 0.1) is 0 Å². The molecule has 0 aliphatic rings. The molecule has 5 nitrogen and oxygen atoms in total. The van der Waals surface area contributed by atoms with E-state index in [9.17, 15) is 14.7 Å². The molecule has 0 saturated heterocycles. The lowest BCUT2D eigenvalue weighted by Gasteiger charge is -2.07. The van der Waals surface area contributed by atoms with Gasteiger partial charge in [-0.15, -0.1) is 0 Å². The van der Waals surface area contributed by atoms with Crippen molar-refractivity contribution in [3.05, 3.63) is 41.7 Å². The fourth-order valence-electron chi connectivity index (χ4n) is 2.27. The Morgan fingerprint density at radius 3 is 2.10 bits per heavy atom. The molecule has 2 heterocycles. The molecule has 0 atom stereocenters. The Kier molecular flexibility index (Phi) is 2.90. The molecular weight excluding hydrogens is 268 g/mol. The highest BCUT2D eigenvalue weighted by atomic mass is 16.3. The van der Waals surface area contributed by atoms with Crippen LogP contribution < -0.4 is 0 Å². The van der Waals surface area contributed by atoms with Gasteiger partial charge in [0.2, 0.25) is 0 Å². The standard InChI is InChI=1S/C16H12N2O3/c1-8(19)12-5-3-10-11-4-6-13(9(2)20)18-16(11)15(21)7-14(10)17-12/h3-7,21H,1-2H3. The molecule has 0 unspecified atom stereocenters. The SMILES string of the molecule is CC(=O)c1ccc2c(cc(O)c3nc(C(C)=O)ccc32)n1. The number of benzene rings is 1. The molecule has 0 amide bonds. The average molecular weight is 280 g/mol. The summed E-state index contributed by atoms with van der Waals surface area (Å²) < 4.78 is 0. The van der Waals surface area contributed by atoms with Crippen molar-refractivity contribution in [2.45, 2.75) is 13.8 Å². The van der Waals surface area contributed by atoms with Gasteiger partial charge in [0, 0.05) is 30.7 Å². The van der Waals surface area contributed by atoms with E-state index in [1.54, 1.807) is 24.3 Å². The molecule has 5 heteroatoms. The van der Waals surface area contributed by atoms with Crippen molar-refractivity contribution in [2.24, 2.45) is 0 Å². The number of carbonyl (C=O) groups excluding carboxylic acids is 2. The van der Waals surface area contributed by atoms with Gasteiger partial charge < -0.3 is 5.11 Å². The smallest absolute Gasteiger partial charge is 0.178 e. The number of pyridine rings is 2. The molecule has 21 heavy (non-hydrogen) atoms. The summed E-state index contributed by atoms with van der Waals surface area (Å²) in [6.45, 7) is 2.86. The molecule has 0 aliphatic carbocycles. The van der Waals surface area contributed by atoms with E-state index in [-0.39, 0.29) is 17.3 Å².